The Morgan fingerprint density at radius 1 is 1.11 bits per heavy atom. The minimum atomic E-state index is 0.139. The van der Waals surface area contributed by atoms with Crippen LogP contribution in [0.1, 0.15) is 19.3 Å². The molecule has 2 heteroatoms. The predicted molar refractivity (Wildman–Crippen MR) is 71.3 cm³/mol. The van der Waals surface area contributed by atoms with Crippen LogP contribution in [-0.4, -0.2) is 6.61 Å². The predicted octanol–water partition coefficient (Wildman–Crippen LogP) is 3.91. The third-order valence-electron chi connectivity index (χ3n) is 3.68. The number of hydrogen-bond acceptors (Lipinski definition) is 2. The molecule has 0 spiro atoms. The third kappa shape index (κ3) is 2.17. The smallest absolute Gasteiger partial charge is 0.119 e. The Balaban J connectivity index is 1.73. The van der Waals surface area contributed by atoms with Gasteiger partial charge < -0.3 is 4.74 Å². The molecule has 0 bridgehead atoms. The number of rotatable bonds is 4. The van der Waals surface area contributed by atoms with Crippen molar-refractivity contribution in [1.29, 1.82) is 5.26 Å². The molecule has 0 aliphatic heterocycles. The van der Waals surface area contributed by atoms with E-state index in [2.05, 4.69) is 30.3 Å². The fourth-order valence-corrected chi connectivity index (χ4v) is 2.21. The lowest BCUT2D eigenvalue weighted by atomic mass is 10.1. The first-order valence-electron chi connectivity index (χ1n) is 6.30. The molecule has 1 aliphatic carbocycles. The van der Waals surface area contributed by atoms with Crippen LogP contribution >= 0.6 is 0 Å². The Kier molecular flexibility index (Phi) is 2.68. The standard InChI is InChI=1S/C16H15NO/c17-10-9-16(7-8-16)12-18-15-6-5-13-3-1-2-4-14(13)11-15/h1-6,11H,7-9,12H2. The van der Waals surface area contributed by atoms with Gasteiger partial charge in [-0.3, -0.25) is 0 Å². The molecular formula is C16H15NO. The molecule has 0 saturated heterocycles. The monoisotopic (exact) mass is 237 g/mol. The Morgan fingerprint density at radius 2 is 1.89 bits per heavy atom. The van der Waals surface area contributed by atoms with E-state index in [0.717, 1.165) is 18.6 Å². The molecule has 0 heterocycles. The van der Waals surface area contributed by atoms with Gasteiger partial charge in [0, 0.05) is 11.8 Å². The second kappa shape index (κ2) is 4.34. The molecule has 90 valence electrons. The summed E-state index contributed by atoms with van der Waals surface area (Å²) in [5.74, 6) is 0.901. The van der Waals surface area contributed by atoms with Gasteiger partial charge in [-0.2, -0.15) is 5.26 Å². The van der Waals surface area contributed by atoms with Gasteiger partial charge in [0.2, 0.25) is 0 Å². The van der Waals surface area contributed by atoms with Gasteiger partial charge in [0.25, 0.3) is 0 Å². The van der Waals surface area contributed by atoms with E-state index in [0.29, 0.717) is 13.0 Å². The van der Waals surface area contributed by atoms with Crippen molar-refractivity contribution in [3.63, 3.8) is 0 Å². The molecule has 1 fully saturated rings. The second-order valence-corrected chi connectivity index (χ2v) is 5.13. The number of nitrogens with zero attached hydrogens (tertiary/aromatic N) is 1. The Hall–Kier alpha value is -2.01. The summed E-state index contributed by atoms with van der Waals surface area (Å²) in [6.07, 6.45) is 2.85. The average molecular weight is 237 g/mol. The summed E-state index contributed by atoms with van der Waals surface area (Å²) < 4.78 is 5.84. The van der Waals surface area contributed by atoms with E-state index in [1.807, 2.05) is 18.2 Å². The summed E-state index contributed by atoms with van der Waals surface area (Å²) in [4.78, 5) is 0. The van der Waals surface area contributed by atoms with Crippen molar-refractivity contribution < 1.29 is 4.74 Å². The highest BCUT2D eigenvalue weighted by Gasteiger charge is 2.43. The minimum absolute atomic E-state index is 0.139. The van der Waals surface area contributed by atoms with Gasteiger partial charge in [0.05, 0.1) is 12.7 Å². The fraction of sp³-hybridized carbons (Fsp3) is 0.312. The molecule has 0 aromatic heterocycles. The zero-order valence-corrected chi connectivity index (χ0v) is 10.2. The van der Waals surface area contributed by atoms with Crippen LogP contribution in [0.2, 0.25) is 0 Å². The summed E-state index contributed by atoms with van der Waals surface area (Å²) in [7, 11) is 0. The Labute approximate surface area is 107 Å². The van der Waals surface area contributed by atoms with Crippen LogP contribution in [0.15, 0.2) is 42.5 Å². The van der Waals surface area contributed by atoms with E-state index in [4.69, 9.17) is 10.00 Å². The highest BCUT2D eigenvalue weighted by molar-refractivity contribution is 5.83. The molecule has 2 aromatic rings. The molecule has 0 N–H and O–H groups in total. The normalized spacial score (nSPS) is 16.2. The molecule has 0 atom stereocenters. The first-order valence-corrected chi connectivity index (χ1v) is 6.30. The first kappa shape index (κ1) is 11.1. The second-order valence-electron chi connectivity index (χ2n) is 5.13. The van der Waals surface area contributed by atoms with Gasteiger partial charge in [-0.1, -0.05) is 30.3 Å². The van der Waals surface area contributed by atoms with Crippen LogP contribution in [0.25, 0.3) is 10.8 Å². The molecule has 2 aromatic carbocycles. The van der Waals surface area contributed by atoms with Crippen LogP contribution in [0.5, 0.6) is 5.75 Å². The summed E-state index contributed by atoms with van der Waals surface area (Å²) in [6, 6.07) is 16.7. The van der Waals surface area contributed by atoms with Crippen molar-refractivity contribution in [1.82, 2.24) is 0 Å². The largest absolute Gasteiger partial charge is 0.493 e. The highest BCUT2D eigenvalue weighted by Crippen LogP contribution is 2.48. The molecule has 0 radical (unpaired) electrons. The number of hydrogen-bond donors (Lipinski definition) is 0. The van der Waals surface area contributed by atoms with E-state index >= 15 is 0 Å². The minimum Gasteiger partial charge on any atom is -0.493 e. The maximum absolute atomic E-state index is 8.77. The number of fused-ring (bicyclic) bond motifs is 1. The van der Waals surface area contributed by atoms with Crippen LogP contribution in [0.4, 0.5) is 0 Å². The maximum Gasteiger partial charge on any atom is 0.119 e. The summed E-state index contributed by atoms with van der Waals surface area (Å²) in [6.45, 7) is 0.666. The van der Waals surface area contributed by atoms with E-state index < -0.39 is 0 Å². The Morgan fingerprint density at radius 3 is 2.61 bits per heavy atom. The molecule has 0 unspecified atom stereocenters. The molecule has 2 nitrogen and oxygen atoms in total. The van der Waals surface area contributed by atoms with Crippen molar-refractivity contribution >= 4 is 10.8 Å². The highest BCUT2D eigenvalue weighted by atomic mass is 16.5. The van der Waals surface area contributed by atoms with Crippen molar-refractivity contribution in [2.45, 2.75) is 19.3 Å². The van der Waals surface area contributed by atoms with Gasteiger partial charge in [0.1, 0.15) is 5.75 Å². The fourth-order valence-electron chi connectivity index (χ4n) is 2.21. The molecule has 18 heavy (non-hydrogen) atoms. The zero-order valence-electron chi connectivity index (χ0n) is 10.2. The van der Waals surface area contributed by atoms with Crippen molar-refractivity contribution in [3.8, 4) is 11.8 Å². The van der Waals surface area contributed by atoms with Crippen molar-refractivity contribution in [3.05, 3.63) is 42.5 Å². The topological polar surface area (TPSA) is 33.0 Å². The zero-order chi connectivity index (χ0) is 12.4. The maximum atomic E-state index is 8.77. The van der Waals surface area contributed by atoms with Gasteiger partial charge in [0.15, 0.2) is 0 Å². The van der Waals surface area contributed by atoms with Crippen LogP contribution < -0.4 is 4.74 Å². The number of benzene rings is 2. The number of ether oxygens (including phenoxy) is 1. The Bertz CT molecular complexity index is 608. The third-order valence-corrected chi connectivity index (χ3v) is 3.68. The van der Waals surface area contributed by atoms with Gasteiger partial charge >= 0.3 is 0 Å². The van der Waals surface area contributed by atoms with Crippen molar-refractivity contribution in [2.75, 3.05) is 6.61 Å². The van der Waals surface area contributed by atoms with E-state index in [-0.39, 0.29) is 5.41 Å². The van der Waals surface area contributed by atoms with Crippen molar-refractivity contribution in [2.24, 2.45) is 5.41 Å². The number of nitriles is 1. The summed E-state index contributed by atoms with van der Waals surface area (Å²) >= 11 is 0. The van der Waals surface area contributed by atoms with E-state index in [9.17, 15) is 0 Å². The first-order chi connectivity index (χ1) is 8.81. The SMILES string of the molecule is N#CCC1(COc2ccc3ccccc3c2)CC1. The molecular weight excluding hydrogens is 222 g/mol. The molecule has 3 rings (SSSR count). The lowest BCUT2D eigenvalue weighted by Crippen LogP contribution is -2.12. The van der Waals surface area contributed by atoms with Crippen LogP contribution in [0.3, 0.4) is 0 Å². The molecule has 1 saturated carbocycles. The quantitative estimate of drug-likeness (QED) is 0.807. The molecule has 0 amide bonds. The van der Waals surface area contributed by atoms with Gasteiger partial charge in [-0.05, 0) is 35.7 Å². The van der Waals surface area contributed by atoms with Gasteiger partial charge in [-0.25, -0.2) is 0 Å². The lowest BCUT2D eigenvalue weighted by molar-refractivity contribution is 0.237. The van der Waals surface area contributed by atoms with E-state index in [1.165, 1.54) is 10.8 Å². The van der Waals surface area contributed by atoms with E-state index in [1.54, 1.807) is 0 Å². The summed E-state index contributed by atoms with van der Waals surface area (Å²) in [5, 5.41) is 11.2. The average Bonchev–Trinajstić information content (AvgIpc) is 3.17. The van der Waals surface area contributed by atoms with Crippen LogP contribution in [0, 0.1) is 16.7 Å². The lowest BCUT2D eigenvalue weighted by Gasteiger charge is -2.13. The molecule has 1 aliphatic rings. The van der Waals surface area contributed by atoms with Crippen LogP contribution in [-0.2, 0) is 0 Å². The summed E-state index contributed by atoms with van der Waals surface area (Å²) in [5.41, 5.74) is 0.139. The van der Waals surface area contributed by atoms with Gasteiger partial charge in [-0.15, -0.1) is 0 Å².